The van der Waals surface area contributed by atoms with Crippen molar-refractivity contribution in [3.8, 4) is 21.9 Å². The fourth-order valence-electron chi connectivity index (χ4n) is 2.90. The van der Waals surface area contributed by atoms with Crippen LogP contribution >= 0.6 is 32.9 Å². The van der Waals surface area contributed by atoms with Crippen LogP contribution in [0.25, 0.3) is 10.4 Å². The van der Waals surface area contributed by atoms with Crippen LogP contribution in [0.5, 0.6) is 11.5 Å². The van der Waals surface area contributed by atoms with Crippen molar-refractivity contribution in [3.63, 3.8) is 0 Å². The molecule has 1 aromatic heterocycles. The molecule has 0 saturated heterocycles. The van der Waals surface area contributed by atoms with Gasteiger partial charge < -0.3 is 24.5 Å². The molecule has 0 bridgehead atoms. The lowest BCUT2D eigenvalue weighted by Crippen LogP contribution is -2.29. The summed E-state index contributed by atoms with van der Waals surface area (Å²) in [6, 6.07) is 12.8. The largest absolute Gasteiger partial charge is 0.426 e. The van der Waals surface area contributed by atoms with Gasteiger partial charge in [-0.2, -0.15) is 0 Å². The van der Waals surface area contributed by atoms with Crippen molar-refractivity contribution in [2.75, 3.05) is 19.0 Å². The first-order chi connectivity index (χ1) is 17.6. The number of benzene rings is 2. The highest BCUT2D eigenvalue weighted by Gasteiger charge is 2.24. The van der Waals surface area contributed by atoms with E-state index in [-0.39, 0.29) is 17.1 Å². The normalized spacial score (nSPS) is 11.2. The molecule has 0 aliphatic rings. The maximum absolute atomic E-state index is 12.9. The van der Waals surface area contributed by atoms with Crippen LogP contribution in [0.2, 0.25) is 0 Å². The molecule has 0 saturated carbocycles. The summed E-state index contributed by atoms with van der Waals surface area (Å²) < 4.78 is 11.4. The summed E-state index contributed by atoms with van der Waals surface area (Å²) in [5, 5.41) is 21.4. The molecule has 2 aromatic carbocycles. The molecule has 1 atom stereocenters. The molecule has 13 nitrogen and oxygen atoms in total. The van der Waals surface area contributed by atoms with E-state index in [4.69, 9.17) is 21.7 Å². The first-order valence-corrected chi connectivity index (χ1v) is 12.7. The number of nitrogens with zero attached hydrogens (tertiary/aromatic N) is 2. The molecule has 0 aliphatic heterocycles. The number of anilines is 1. The first-order valence-electron chi connectivity index (χ1n) is 10.2. The number of hydrogen-bond acceptors (Lipinski definition) is 14. The summed E-state index contributed by atoms with van der Waals surface area (Å²) in [5.74, 6) is -1.86. The van der Waals surface area contributed by atoms with Crippen LogP contribution < -0.4 is 14.8 Å². The van der Waals surface area contributed by atoms with Crippen LogP contribution in [0, 0.1) is 24.1 Å². The second-order valence-electron chi connectivity index (χ2n) is 7.02. The molecule has 1 unspecified atom stereocenters. The highest BCUT2D eigenvalue weighted by Crippen LogP contribution is 2.31. The number of nitrogens with one attached hydrogen (secondary N) is 1. The maximum Gasteiger partial charge on any atom is 0.347 e. The van der Waals surface area contributed by atoms with Gasteiger partial charge >= 0.3 is 11.9 Å². The van der Waals surface area contributed by atoms with Crippen molar-refractivity contribution in [3.05, 3.63) is 78.1 Å². The molecule has 1 N–H and O–H groups in total. The van der Waals surface area contributed by atoms with Gasteiger partial charge in [0.1, 0.15) is 33.6 Å². The fraction of sp³-hybridized carbons (Fsp3) is 0.190. The monoisotopic (exact) mass is 567 g/mol. The van der Waals surface area contributed by atoms with Crippen LogP contribution in [-0.2, 0) is 14.5 Å². The molecule has 0 amide bonds. The Morgan fingerprint density at radius 1 is 1.03 bits per heavy atom. The second-order valence-corrected chi connectivity index (χ2v) is 9.93. The van der Waals surface area contributed by atoms with Crippen molar-refractivity contribution < 1.29 is 38.9 Å². The Hall–Kier alpha value is -4.15. The third kappa shape index (κ3) is 8.19. The predicted octanol–water partition coefficient (Wildman–Crippen LogP) is 4.55. The minimum atomic E-state index is -1.61. The van der Waals surface area contributed by atoms with E-state index in [1.807, 2.05) is 6.07 Å². The van der Waals surface area contributed by atoms with E-state index >= 15 is 0 Å². The van der Waals surface area contributed by atoms with E-state index in [0.717, 1.165) is 14.3 Å². The summed E-state index contributed by atoms with van der Waals surface area (Å²) in [6.45, 7) is -0.882. The molecule has 194 valence electrons. The van der Waals surface area contributed by atoms with Gasteiger partial charge in [0.25, 0.3) is 10.2 Å². The lowest BCUT2D eigenvalue weighted by Gasteiger charge is -2.15. The van der Waals surface area contributed by atoms with Crippen molar-refractivity contribution in [2.45, 2.75) is 12.5 Å². The van der Waals surface area contributed by atoms with Crippen molar-refractivity contribution in [2.24, 2.45) is 0 Å². The molecule has 0 aliphatic carbocycles. The Morgan fingerprint density at radius 3 is 2.35 bits per heavy atom. The highest BCUT2D eigenvalue weighted by molar-refractivity contribution is 7.80. The van der Waals surface area contributed by atoms with Crippen molar-refractivity contribution >= 4 is 50.5 Å². The van der Waals surface area contributed by atoms with Crippen LogP contribution in [0.15, 0.2) is 48.5 Å². The van der Waals surface area contributed by atoms with E-state index in [1.165, 1.54) is 38.9 Å². The second kappa shape index (κ2) is 12.7. The van der Waals surface area contributed by atoms with E-state index < -0.39 is 41.2 Å². The van der Waals surface area contributed by atoms with Gasteiger partial charge in [0.15, 0.2) is 0 Å². The zero-order valence-electron chi connectivity index (χ0n) is 18.8. The van der Waals surface area contributed by atoms with Crippen LogP contribution in [0.3, 0.4) is 0 Å². The third-order valence-corrected chi connectivity index (χ3v) is 7.43. The van der Waals surface area contributed by atoms with Crippen LogP contribution in [0.4, 0.5) is 5.69 Å². The summed E-state index contributed by atoms with van der Waals surface area (Å²) >= 11 is 5.15. The molecule has 16 heteroatoms. The SMILES string of the molecule is CNc1ccc(OC(=O)CC(CO[N+](=O)[O-])O[N+](=O)[O-])c(C(=O)Oc2ccc(-c3cc(=S)ss3)cc2)c1. The van der Waals surface area contributed by atoms with E-state index in [0.29, 0.717) is 5.69 Å². The zero-order chi connectivity index (χ0) is 26.9. The molecule has 0 fully saturated rings. The first kappa shape index (κ1) is 27.4. The summed E-state index contributed by atoms with van der Waals surface area (Å²) in [7, 11) is 4.62. The summed E-state index contributed by atoms with van der Waals surface area (Å²) in [5.41, 5.74) is 1.29. The Bertz CT molecular complexity index is 1360. The quantitative estimate of drug-likeness (QED) is 0.0810. The third-order valence-electron chi connectivity index (χ3n) is 4.52. The molecule has 0 radical (unpaired) electrons. The van der Waals surface area contributed by atoms with Crippen LogP contribution in [-0.4, -0.2) is 41.9 Å². The van der Waals surface area contributed by atoms with Gasteiger partial charge in [0.2, 0.25) is 0 Å². The number of rotatable bonds is 12. The minimum absolute atomic E-state index is 0.117. The standard InChI is InChI=1S/C21H17N3O10S3/c1-22-13-4-7-17(33-19(25)9-15(34-24(29)30)11-31-23(27)28)16(8-13)21(26)32-14-5-2-12(3-6-14)18-10-20(35)37-36-18/h2-8,10,15,22H,9,11H2,1H3. The predicted molar refractivity (Wildman–Crippen MR) is 134 cm³/mol. The molecule has 37 heavy (non-hydrogen) atoms. The topological polar surface area (TPSA) is 169 Å². The molecule has 0 spiro atoms. The molecule has 3 rings (SSSR count). The smallest absolute Gasteiger partial charge is 0.347 e. The van der Waals surface area contributed by atoms with Gasteiger partial charge in [-0.25, -0.2) is 4.79 Å². The van der Waals surface area contributed by atoms with Crippen LogP contribution in [0.1, 0.15) is 16.8 Å². The van der Waals surface area contributed by atoms with E-state index in [2.05, 4.69) is 15.0 Å². The van der Waals surface area contributed by atoms with Gasteiger partial charge in [-0.15, -0.1) is 20.2 Å². The van der Waals surface area contributed by atoms with E-state index in [9.17, 15) is 29.8 Å². The average molecular weight is 568 g/mol. The average Bonchev–Trinajstić information content (AvgIpc) is 3.29. The number of esters is 2. The van der Waals surface area contributed by atoms with Gasteiger partial charge in [-0.1, -0.05) is 32.9 Å². The van der Waals surface area contributed by atoms with E-state index in [1.54, 1.807) is 31.3 Å². The molecular formula is C21H17N3O10S3. The number of carbonyl (C=O) groups excluding carboxylic acids is 2. The number of ether oxygens (including phenoxy) is 2. The lowest BCUT2D eigenvalue weighted by molar-refractivity contribution is -0.789. The molecule has 1 heterocycles. The van der Waals surface area contributed by atoms with Gasteiger partial charge in [-0.3, -0.25) is 4.79 Å². The summed E-state index contributed by atoms with van der Waals surface area (Å²) in [4.78, 5) is 55.6. The van der Waals surface area contributed by atoms with Crippen molar-refractivity contribution in [1.82, 2.24) is 0 Å². The van der Waals surface area contributed by atoms with Gasteiger partial charge in [-0.05, 0) is 54.1 Å². The maximum atomic E-state index is 12.9. The highest BCUT2D eigenvalue weighted by atomic mass is 32.9. The number of hydrogen-bond donors (Lipinski definition) is 1. The summed E-state index contributed by atoms with van der Waals surface area (Å²) in [6.07, 6.45) is -2.38. The zero-order valence-corrected chi connectivity index (χ0v) is 21.3. The van der Waals surface area contributed by atoms with Gasteiger partial charge in [0.05, 0.1) is 6.42 Å². The number of carbonyl (C=O) groups is 2. The fourth-order valence-corrected chi connectivity index (χ4v) is 5.30. The molecule has 3 aromatic rings. The Balaban J connectivity index is 1.74. The molecular weight excluding hydrogens is 550 g/mol. The Kier molecular flexibility index (Phi) is 9.42. The van der Waals surface area contributed by atoms with Gasteiger partial charge in [0, 0.05) is 17.6 Å². The van der Waals surface area contributed by atoms with Crippen molar-refractivity contribution in [1.29, 1.82) is 0 Å². The lowest BCUT2D eigenvalue weighted by atomic mass is 10.1. The minimum Gasteiger partial charge on any atom is -0.426 e. The Morgan fingerprint density at radius 2 is 1.76 bits per heavy atom. The Labute approximate surface area is 220 Å².